The van der Waals surface area contributed by atoms with Crippen LogP contribution in [-0.4, -0.2) is 19.6 Å². The fraction of sp³-hybridized carbons (Fsp3) is 0.167. The Morgan fingerprint density at radius 3 is 2.62 bits per heavy atom. The number of carbonyl (C=O) groups is 1. The maximum atomic E-state index is 13.5. The average Bonchev–Trinajstić information content (AvgIpc) is 2.56. The number of nitrogens with one attached hydrogen (secondary N) is 1. The fourth-order valence-electron chi connectivity index (χ4n) is 2.02. The number of amides is 1. The summed E-state index contributed by atoms with van der Waals surface area (Å²) in [6, 6.07) is 8.17. The van der Waals surface area contributed by atoms with Crippen LogP contribution < -0.4 is 14.8 Å². The van der Waals surface area contributed by atoms with Gasteiger partial charge < -0.3 is 14.8 Å². The molecule has 0 saturated heterocycles. The minimum absolute atomic E-state index is 0.111. The Labute approximate surface area is 138 Å². The second kappa shape index (κ2) is 8.10. The molecule has 0 atom stereocenters. The number of carbonyl (C=O) groups excluding carboxylic acids is 1. The molecule has 1 amide bonds. The Bertz CT molecular complexity index is 760. The fourth-order valence-corrected chi connectivity index (χ4v) is 2.02. The maximum Gasteiger partial charge on any atom is 0.262 e. The van der Waals surface area contributed by atoms with Gasteiger partial charge >= 0.3 is 0 Å². The first-order chi connectivity index (χ1) is 11.5. The second-order valence-corrected chi connectivity index (χ2v) is 4.87. The summed E-state index contributed by atoms with van der Waals surface area (Å²) in [6.07, 6.45) is 3.79. The molecule has 0 aliphatic heterocycles. The van der Waals surface area contributed by atoms with E-state index in [-0.39, 0.29) is 12.3 Å². The topological polar surface area (TPSA) is 47.6 Å². The highest BCUT2D eigenvalue weighted by atomic mass is 19.1. The number of anilines is 1. The molecule has 1 N–H and O–H groups in total. The van der Waals surface area contributed by atoms with Crippen molar-refractivity contribution in [2.75, 3.05) is 19.0 Å². The van der Waals surface area contributed by atoms with Crippen LogP contribution >= 0.6 is 0 Å². The summed E-state index contributed by atoms with van der Waals surface area (Å²) in [4.78, 5) is 11.8. The predicted molar refractivity (Wildman–Crippen MR) is 88.2 cm³/mol. The van der Waals surface area contributed by atoms with Crippen molar-refractivity contribution in [3.63, 3.8) is 0 Å². The molecule has 2 rings (SSSR count). The van der Waals surface area contributed by atoms with Crippen molar-refractivity contribution in [1.29, 1.82) is 0 Å². The zero-order valence-electron chi connectivity index (χ0n) is 13.3. The van der Waals surface area contributed by atoms with Crippen molar-refractivity contribution < 1.29 is 23.0 Å². The predicted octanol–water partition coefficient (Wildman–Crippen LogP) is 4.02. The van der Waals surface area contributed by atoms with Crippen LogP contribution in [0.5, 0.6) is 11.5 Å². The number of ether oxygens (including phenoxy) is 2. The number of hydrogen-bond acceptors (Lipinski definition) is 3. The van der Waals surface area contributed by atoms with E-state index >= 15 is 0 Å². The summed E-state index contributed by atoms with van der Waals surface area (Å²) in [6.45, 7) is 1.56. The molecule has 4 nitrogen and oxygen atoms in total. The number of benzene rings is 2. The Morgan fingerprint density at radius 2 is 1.96 bits per heavy atom. The molecule has 0 fully saturated rings. The standard InChI is InChI=1S/C18H17F2NO3/c1-3-4-12-5-8-16(17(9-12)23-2)24-11-18(22)21-15-7-6-13(19)10-14(15)20/h3-10H,11H2,1-2H3,(H,21,22)/b4-3+. The summed E-state index contributed by atoms with van der Waals surface area (Å²) in [7, 11) is 1.50. The van der Waals surface area contributed by atoms with Gasteiger partial charge in [0.1, 0.15) is 11.6 Å². The Morgan fingerprint density at radius 1 is 1.17 bits per heavy atom. The molecule has 0 unspecified atom stereocenters. The lowest BCUT2D eigenvalue weighted by Gasteiger charge is -2.12. The van der Waals surface area contributed by atoms with Crippen LogP contribution in [0.1, 0.15) is 12.5 Å². The van der Waals surface area contributed by atoms with Gasteiger partial charge in [-0.25, -0.2) is 8.78 Å². The number of methoxy groups -OCH3 is 1. The number of halogens is 2. The normalized spacial score (nSPS) is 10.7. The molecule has 0 aliphatic carbocycles. The third kappa shape index (κ3) is 4.55. The van der Waals surface area contributed by atoms with Crippen LogP contribution in [0.25, 0.3) is 6.08 Å². The number of hydrogen-bond donors (Lipinski definition) is 1. The van der Waals surface area contributed by atoms with Crippen molar-refractivity contribution in [3.8, 4) is 11.5 Å². The zero-order chi connectivity index (χ0) is 17.5. The Balaban J connectivity index is 2.01. The minimum Gasteiger partial charge on any atom is -0.493 e. The van der Waals surface area contributed by atoms with Gasteiger partial charge in [-0.2, -0.15) is 0 Å². The quantitative estimate of drug-likeness (QED) is 0.868. The Kier molecular flexibility index (Phi) is 5.89. The van der Waals surface area contributed by atoms with Crippen molar-refractivity contribution in [1.82, 2.24) is 0 Å². The molecule has 0 aliphatic rings. The van der Waals surface area contributed by atoms with Crippen LogP contribution in [0, 0.1) is 11.6 Å². The third-order valence-electron chi connectivity index (χ3n) is 3.11. The van der Waals surface area contributed by atoms with Crippen molar-refractivity contribution in [2.24, 2.45) is 0 Å². The molecule has 126 valence electrons. The molecule has 0 heterocycles. The van der Waals surface area contributed by atoms with Crippen LogP contribution in [0.15, 0.2) is 42.5 Å². The molecule has 24 heavy (non-hydrogen) atoms. The van der Waals surface area contributed by atoms with Crippen LogP contribution in [0.2, 0.25) is 0 Å². The number of allylic oxidation sites excluding steroid dienone is 1. The van der Waals surface area contributed by atoms with E-state index < -0.39 is 17.5 Å². The highest BCUT2D eigenvalue weighted by Crippen LogP contribution is 2.28. The molecule has 2 aromatic carbocycles. The maximum absolute atomic E-state index is 13.5. The van der Waals surface area contributed by atoms with Gasteiger partial charge in [-0.05, 0) is 36.8 Å². The van der Waals surface area contributed by atoms with Crippen molar-refractivity contribution in [2.45, 2.75) is 6.92 Å². The van der Waals surface area contributed by atoms with Crippen LogP contribution in [0.3, 0.4) is 0 Å². The molecule has 0 aromatic heterocycles. The summed E-state index contributed by atoms with van der Waals surface area (Å²) in [5.74, 6) is -1.27. The largest absolute Gasteiger partial charge is 0.493 e. The van der Waals surface area contributed by atoms with Gasteiger partial charge in [-0.3, -0.25) is 4.79 Å². The van der Waals surface area contributed by atoms with E-state index in [1.54, 1.807) is 12.1 Å². The molecule has 0 radical (unpaired) electrons. The molecular weight excluding hydrogens is 316 g/mol. The van der Waals surface area contributed by atoms with E-state index in [2.05, 4.69) is 5.32 Å². The monoisotopic (exact) mass is 333 g/mol. The third-order valence-corrected chi connectivity index (χ3v) is 3.11. The lowest BCUT2D eigenvalue weighted by atomic mass is 10.2. The number of rotatable bonds is 6. The van der Waals surface area contributed by atoms with Crippen molar-refractivity contribution >= 4 is 17.7 Å². The van der Waals surface area contributed by atoms with E-state index in [0.717, 1.165) is 17.7 Å². The van der Waals surface area contributed by atoms with Gasteiger partial charge in [0, 0.05) is 6.07 Å². The van der Waals surface area contributed by atoms with Crippen LogP contribution in [-0.2, 0) is 4.79 Å². The van der Waals surface area contributed by atoms with E-state index in [1.165, 1.54) is 7.11 Å². The van der Waals surface area contributed by atoms with Gasteiger partial charge in [0.25, 0.3) is 5.91 Å². The summed E-state index contributed by atoms with van der Waals surface area (Å²) in [5.41, 5.74) is 0.819. The first-order valence-electron chi connectivity index (χ1n) is 7.22. The minimum atomic E-state index is -0.850. The smallest absolute Gasteiger partial charge is 0.262 e. The first kappa shape index (κ1) is 17.5. The first-order valence-corrected chi connectivity index (χ1v) is 7.22. The second-order valence-electron chi connectivity index (χ2n) is 4.87. The lowest BCUT2D eigenvalue weighted by molar-refractivity contribution is -0.118. The van der Waals surface area contributed by atoms with Gasteiger partial charge in [0.05, 0.1) is 12.8 Å². The van der Waals surface area contributed by atoms with Gasteiger partial charge in [0.2, 0.25) is 0 Å². The van der Waals surface area contributed by atoms with Gasteiger partial charge in [-0.15, -0.1) is 0 Å². The summed E-state index contributed by atoms with van der Waals surface area (Å²) in [5, 5.41) is 2.32. The molecule has 0 spiro atoms. The van der Waals surface area contributed by atoms with E-state index in [4.69, 9.17) is 9.47 Å². The molecular formula is C18H17F2NO3. The SMILES string of the molecule is C/C=C/c1ccc(OCC(=O)Nc2ccc(F)cc2F)c(OC)c1. The molecule has 6 heteroatoms. The highest BCUT2D eigenvalue weighted by molar-refractivity contribution is 5.92. The van der Waals surface area contributed by atoms with Crippen LogP contribution in [0.4, 0.5) is 14.5 Å². The van der Waals surface area contributed by atoms with E-state index in [0.29, 0.717) is 17.6 Å². The average molecular weight is 333 g/mol. The van der Waals surface area contributed by atoms with E-state index in [1.807, 2.05) is 25.1 Å². The molecule has 0 bridgehead atoms. The zero-order valence-corrected chi connectivity index (χ0v) is 13.3. The molecule has 0 saturated carbocycles. The lowest BCUT2D eigenvalue weighted by Crippen LogP contribution is -2.21. The summed E-state index contributed by atoms with van der Waals surface area (Å²) < 4.78 is 36.9. The van der Waals surface area contributed by atoms with Gasteiger partial charge in [0.15, 0.2) is 18.1 Å². The van der Waals surface area contributed by atoms with Crippen molar-refractivity contribution in [3.05, 3.63) is 59.7 Å². The van der Waals surface area contributed by atoms with Gasteiger partial charge in [-0.1, -0.05) is 18.2 Å². The van der Waals surface area contributed by atoms with E-state index in [9.17, 15) is 13.6 Å². The highest BCUT2D eigenvalue weighted by Gasteiger charge is 2.11. The summed E-state index contributed by atoms with van der Waals surface area (Å²) >= 11 is 0. The Hall–Kier alpha value is -2.89. The molecule has 2 aromatic rings.